The highest BCUT2D eigenvalue weighted by molar-refractivity contribution is 6.30. The Morgan fingerprint density at radius 2 is 2.16 bits per heavy atom. The van der Waals surface area contributed by atoms with Crippen molar-refractivity contribution < 1.29 is 9.53 Å². The molecule has 1 N–H and O–H groups in total. The monoisotopic (exact) mass is 353 g/mol. The van der Waals surface area contributed by atoms with Gasteiger partial charge >= 0.3 is 0 Å². The number of halogens is 1. The Bertz CT molecular complexity index is 909. The van der Waals surface area contributed by atoms with Crippen molar-refractivity contribution in [1.82, 2.24) is 9.78 Å². The summed E-state index contributed by atoms with van der Waals surface area (Å²) in [6.45, 7) is 0.360. The van der Waals surface area contributed by atoms with Crippen molar-refractivity contribution in [2.75, 3.05) is 11.9 Å². The van der Waals surface area contributed by atoms with Crippen LogP contribution in [-0.4, -0.2) is 22.3 Å². The Hall–Kier alpha value is -2.79. The first-order chi connectivity index (χ1) is 12.2. The summed E-state index contributed by atoms with van der Waals surface area (Å²) in [5.41, 5.74) is 2.58. The number of fused-ring (bicyclic) bond motifs is 1. The maximum Gasteiger partial charge on any atom is 0.231 e. The van der Waals surface area contributed by atoms with Crippen molar-refractivity contribution >= 4 is 23.2 Å². The number of hydrogen-bond acceptors (Lipinski definition) is 3. The average molecular weight is 354 g/mol. The van der Waals surface area contributed by atoms with Gasteiger partial charge in [0, 0.05) is 23.1 Å². The molecule has 0 saturated carbocycles. The number of ether oxygens (including phenoxy) is 1. The van der Waals surface area contributed by atoms with E-state index in [0.29, 0.717) is 18.1 Å². The zero-order valence-corrected chi connectivity index (χ0v) is 14.1. The highest BCUT2D eigenvalue weighted by Gasteiger charge is 2.26. The lowest BCUT2D eigenvalue weighted by Crippen LogP contribution is -2.32. The summed E-state index contributed by atoms with van der Waals surface area (Å²) in [5, 5.41) is 7.82. The molecular weight excluding hydrogens is 338 g/mol. The van der Waals surface area contributed by atoms with Crippen LogP contribution in [0.4, 0.5) is 5.69 Å². The van der Waals surface area contributed by atoms with Crippen LogP contribution >= 0.6 is 11.6 Å². The van der Waals surface area contributed by atoms with E-state index >= 15 is 0 Å². The molecule has 2 aromatic carbocycles. The molecule has 4 rings (SSSR count). The van der Waals surface area contributed by atoms with Crippen molar-refractivity contribution in [3.63, 3.8) is 0 Å². The molecule has 0 radical (unpaired) electrons. The Kier molecular flexibility index (Phi) is 4.15. The molecule has 3 aromatic rings. The molecule has 1 amide bonds. The molecule has 1 atom stereocenters. The Morgan fingerprint density at radius 3 is 3.00 bits per heavy atom. The molecule has 2 heterocycles. The van der Waals surface area contributed by atoms with Crippen molar-refractivity contribution in [2.45, 2.75) is 6.42 Å². The second-order valence-electron chi connectivity index (χ2n) is 5.95. The first-order valence-electron chi connectivity index (χ1n) is 8.01. The van der Waals surface area contributed by atoms with Gasteiger partial charge in [0.25, 0.3) is 0 Å². The number of nitrogens with one attached hydrogen (secondary N) is 1. The number of aromatic nitrogens is 2. The Balaban J connectivity index is 1.48. The van der Waals surface area contributed by atoms with Crippen LogP contribution in [0.2, 0.25) is 5.02 Å². The van der Waals surface area contributed by atoms with Gasteiger partial charge in [-0.25, -0.2) is 4.68 Å². The number of anilines is 1. The molecular formula is C19H16ClN3O2. The number of carbonyl (C=O) groups is 1. The zero-order valence-electron chi connectivity index (χ0n) is 13.4. The fourth-order valence-electron chi connectivity index (χ4n) is 2.92. The number of rotatable bonds is 3. The summed E-state index contributed by atoms with van der Waals surface area (Å²) in [6.07, 6.45) is 4.18. The van der Waals surface area contributed by atoms with Crippen LogP contribution in [0, 0.1) is 5.92 Å². The molecule has 126 valence electrons. The minimum atomic E-state index is -0.251. The molecule has 0 spiro atoms. The average Bonchev–Trinajstić information content (AvgIpc) is 3.16. The van der Waals surface area contributed by atoms with Gasteiger partial charge in [-0.2, -0.15) is 5.10 Å². The van der Waals surface area contributed by atoms with E-state index in [0.717, 1.165) is 22.7 Å². The van der Waals surface area contributed by atoms with Crippen molar-refractivity contribution in [1.29, 1.82) is 0 Å². The van der Waals surface area contributed by atoms with E-state index in [1.54, 1.807) is 16.9 Å². The number of amides is 1. The maximum atomic E-state index is 12.6. The van der Waals surface area contributed by atoms with Crippen LogP contribution in [0.5, 0.6) is 5.75 Å². The van der Waals surface area contributed by atoms with E-state index in [1.807, 2.05) is 48.7 Å². The molecule has 0 aliphatic carbocycles. The Morgan fingerprint density at radius 1 is 1.24 bits per heavy atom. The molecule has 1 aromatic heterocycles. The summed E-state index contributed by atoms with van der Waals surface area (Å²) in [5.74, 6) is 0.483. The van der Waals surface area contributed by atoms with Crippen LogP contribution in [0.3, 0.4) is 0 Å². The normalized spacial score (nSPS) is 16.0. The standard InChI is InChI=1S/C19H16ClN3O2/c20-15-5-6-18-13(10-15)9-14(12-25-18)19(24)22-16-3-1-4-17(11-16)23-8-2-7-21-23/h1-8,10-11,14H,9,12H2,(H,22,24). The lowest BCUT2D eigenvalue weighted by molar-refractivity contribution is -0.121. The maximum absolute atomic E-state index is 12.6. The summed E-state index contributed by atoms with van der Waals surface area (Å²) < 4.78 is 7.45. The fourth-order valence-corrected chi connectivity index (χ4v) is 3.12. The lowest BCUT2D eigenvalue weighted by Gasteiger charge is -2.24. The predicted octanol–water partition coefficient (Wildman–Crippen LogP) is 3.72. The number of benzene rings is 2. The molecule has 0 bridgehead atoms. The van der Waals surface area contributed by atoms with E-state index < -0.39 is 0 Å². The second-order valence-corrected chi connectivity index (χ2v) is 6.39. The molecule has 0 fully saturated rings. The van der Waals surface area contributed by atoms with Crippen molar-refractivity contribution in [2.24, 2.45) is 5.92 Å². The van der Waals surface area contributed by atoms with Crippen molar-refractivity contribution in [3.8, 4) is 11.4 Å². The zero-order chi connectivity index (χ0) is 17.2. The van der Waals surface area contributed by atoms with Gasteiger partial charge < -0.3 is 10.1 Å². The minimum absolute atomic E-state index is 0.0664. The highest BCUT2D eigenvalue weighted by Crippen LogP contribution is 2.30. The number of carbonyl (C=O) groups excluding carboxylic acids is 1. The molecule has 1 aliphatic rings. The fraction of sp³-hybridized carbons (Fsp3) is 0.158. The largest absolute Gasteiger partial charge is 0.492 e. The van der Waals surface area contributed by atoms with Gasteiger partial charge in [0.2, 0.25) is 5.91 Å². The quantitative estimate of drug-likeness (QED) is 0.780. The Labute approximate surface area is 150 Å². The van der Waals surface area contributed by atoms with Crippen molar-refractivity contribution in [3.05, 3.63) is 71.5 Å². The summed E-state index contributed by atoms with van der Waals surface area (Å²) in [4.78, 5) is 12.6. The third kappa shape index (κ3) is 3.37. The van der Waals surface area contributed by atoms with Gasteiger partial charge in [0.1, 0.15) is 12.4 Å². The van der Waals surface area contributed by atoms with E-state index in [4.69, 9.17) is 16.3 Å². The van der Waals surface area contributed by atoms with E-state index in [2.05, 4.69) is 10.4 Å². The van der Waals surface area contributed by atoms with E-state index in [1.165, 1.54) is 0 Å². The SMILES string of the molecule is O=C(Nc1cccc(-n2cccn2)c1)C1COc2ccc(Cl)cc2C1. The highest BCUT2D eigenvalue weighted by atomic mass is 35.5. The van der Waals surface area contributed by atoms with Gasteiger partial charge in [-0.15, -0.1) is 0 Å². The number of nitrogens with zero attached hydrogens (tertiary/aromatic N) is 2. The summed E-state index contributed by atoms with van der Waals surface area (Å²) in [6, 6.07) is 14.9. The predicted molar refractivity (Wildman–Crippen MR) is 96.3 cm³/mol. The third-order valence-corrected chi connectivity index (χ3v) is 4.42. The summed E-state index contributed by atoms with van der Waals surface area (Å²) in [7, 11) is 0. The number of hydrogen-bond donors (Lipinski definition) is 1. The second kappa shape index (κ2) is 6.61. The lowest BCUT2D eigenvalue weighted by atomic mass is 9.96. The minimum Gasteiger partial charge on any atom is -0.492 e. The molecule has 25 heavy (non-hydrogen) atoms. The first kappa shape index (κ1) is 15.7. The van der Waals surface area contributed by atoms with Crippen LogP contribution in [0.25, 0.3) is 5.69 Å². The topological polar surface area (TPSA) is 56.2 Å². The van der Waals surface area contributed by atoms with Crippen LogP contribution in [0.15, 0.2) is 60.9 Å². The molecule has 5 nitrogen and oxygen atoms in total. The smallest absolute Gasteiger partial charge is 0.231 e. The van der Waals surface area contributed by atoms with E-state index in [9.17, 15) is 4.79 Å². The van der Waals surface area contributed by atoms with Gasteiger partial charge in [0.15, 0.2) is 0 Å². The molecule has 1 aliphatic heterocycles. The van der Waals surface area contributed by atoms with E-state index in [-0.39, 0.29) is 11.8 Å². The molecule has 6 heteroatoms. The van der Waals surface area contributed by atoms with Gasteiger partial charge in [-0.3, -0.25) is 4.79 Å². The molecule has 0 saturated heterocycles. The van der Waals surface area contributed by atoms with Crippen LogP contribution < -0.4 is 10.1 Å². The van der Waals surface area contributed by atoms with Gasteiger partial charge in [-0.1, -0.05) is 17.7 Å². The van der Waals surface area contributed by atoms with Gasteiger partial charge in [0.05, 0.1) is 11.6 Å². The summed E-state index contributed by atoms with van der Waals surface area (Å²) >= 11 is 6.04. The molecule has 1 unspecified atom stereocenters. The van der Waals surface area contributed by atoms with Crippen LogP contribution in [0.1, 0.15) is 5.56 Å². The van der Waals surface area contributed by atoms with Gasteiger partial charge in [-0.05, 0) is 54.4 Å². The first-order valence-corrected chi connectivity index (χ1v) is 8.39. The third-order valence-electron chi connectivity index (χ3n) is 4.18. The van der Waals surface area contributed by atoms with Crippen LogP contribution in [-0.2, 0) is 11.2 Å².